The average molecular weight is 424 g/mol. The summed E-state index contributed by atoms with van der Waals surface area (Å²) in [6, 6.07) is 13.4. The van der Waals surface area contributed by atoms with E-state index in [0.717, 1.165) is 53.4 Å². The number of nitrogens with zero attached hydrogens (tertiary/aromatic N) is 3. The molecule has 1 N–H and O–H groups in total. The predicted molar refractivity (Wildman–Crippen MR) is 117 cm³/mol. The molecule has 2 aliphatic heterocycles. The van der Waals surface area contributed by atoms with E-state index in [-0.39, 0.29) is 24.9 Å². The van der Waals surface area contributed by atoms with E-state index in [1.54, 1.807) is 18.6 Å². The van der Waals surface area contributed by atoms with Gasteiger partial charge in [-0.05, 0) is 37.6 Å². The molecule has 2 aromatic carbocycles. The summed E-state index contributed by atoms with van der Waals surface area (Å²) in [6.07, 6.45) is 6.87. The van der Waals surface area contributed by atoms with E-state index in [9.17, 15) is 4.79 Å². The van der Waals surface area contributed by atoms with Gasteiger partial charge in [0.1, 0.15) is 0 Å². The number of likely N-dealkylation sites (tertiary alicyclic amines) is 1. The van der Waals surface area contributed by atoms with Crippen molar-refractivity contribution in [3.05, 3.63) is 66.6 Å². The van der Waals surface area contributed by atoms with Crippen LogP contribution >= 0.6 is 0 Å². The van der Waals surface area contributed by atoms with Crippen molar-refractivity contribution < 1.29 is 20.4 Å². The number of ether oxygens (including phenoxy) is 2. The van der Waals surface area contributed by atoms with Crippen molar-refractivity contribution in [2.24, 2.45) is 0 Å². The molecule has 0 radical (unpaired) electrons. The molecule has 1 amide bonds. The molecule has 0 bridgehead atoms. The first-order chi connectivity index (χ1) is 14.8. The first kappa shape index (κ1) is 20.7. The number of amides is 1. The highest BCUT2D eigenvalue weighted by Gasteiger charge is 2.32. The molecule has 3 heterocycles. The second-order valence-corrected chi connectivity index (χ2v) is 7.44. The molecule has 7 nitrogen and oxygen atoms in total. The number of hydrogen-bond donors (Lipinski definition) is 1. The van der Waals surface area contributed by atoms with Gasteiger partial charge in [-0.1, -0.05) is 24.3 Å². The van der Waals surface area contributed by atoms with Crippen LogP contribution in [-0.4, -0.2) is 40.2 Å². The van der Waals surface area contributed by atoms with Gasteiger partial charge in [-0.15, -0.1) is 0 Å². The van der Waals surface area contributed by atoms with E-state index >= 15 is 0 Å². The fourth-order valence-electron chi connectivity index (χ4n) is 4.04. The van der Waals surface area contributed by atoms with Crippen molar-refractivity contribution in [2.45, 2.75) is 25.4 Å². The van der Waals surface area contributed by atoms with Crippen LogP contribution in [0.25, 0.3) is 11.3 Å². The van der Waals surface area contributed by atoms with Crippen LogP contribution in [-0.2, 0) is 11.3 Å². The van der Waals surface area contributed by atoms with Crippen molar-refractivity contribution in [3.8, 4) is 22.8 Å². The summed E-state index contributed by atoms with van der Waals surface area (Å²) in [5, 5.41) is 3.06. The van der Waals surface area contributed by atoms with Gasteiger partial charge >= 0.3 is 0 Å². The number of anilines is 1. The van der Waals surface area contributed by atoms with Crippen LogP contribution in [0.1, 0.15) is 19.8 Å². The molecule has 3 aromatic rings. The maximum absolute atomic E-state index is 13.0. The van der Waals surface area contributed by atoms with Gasteiger partial charge < -0.3 is 14.8 Å². The largest absolute Gasteiger partial charge is 0.454 e. The Labute approximate surface area is 180 Å². The fourth-order valence-corrected chi connectivity index (χ4v) is 4.04. The van der Waals surface area contributed by atoms with Gasteiger partial charge in [0.05, 0.1) is 17.9 Å². The van der Waals surface area contributed by atoms with Crippen LogP contribution in [0.2, 0.25) is 0 Å². The van der Waals surface area contributed by atoms with Gasteiger partial charge in [0.15, 0.2) is 11.5 Å². The van der Waals surface area contributed by atoms with Gasteiger partial charge in [-0.25, -0.2) is 0 Å². The zero-order chi connectivity index (χ0) is 20.3. The molecule has 1 atom stereocenters. The van der Waals surface area contributed by atoms with E-state index in [4.69, 9.17) is 9.47 Å². The molecule has 1 aromatic heterocycles. The van der Waals surface area contributed by atoms with E-state index in [1.807, 2.05) is 42.5 Å². The minimum absolute atomic E-state index is 0. The number of halogens is 1. The first-order valence-corrected chi connectivity index (χ1v) is 10.1. The Kier molecular flexibility index (Phi) is 6.08. The van der Waals surface area contributed by atoms with E-state index in [1.165, 1.54) is 0 Å². The SMILES string of the molecule is F.O=C(Nc1ccc(-c2cnccn2)cc1)[C@H]1CCCN1Cc1cccc2c1OCO2.[HH]. The maximum atomic E-state index is 13.0. The molecule has 0 aliphatic carbocycles. The number of benzene rings is 2. The lowest BCUT2D eigenvalue weighted by Crippen LogP contribution is -2.39. The zero-order valence-corrected chi connectivity index (χ0v) is 16.9. The minimum atomic E-state index is -0.164. The van der Waals surface area contributed by atoms with Crippen LogP contribution in [0.5, 0.6) is 11.5 Å². The third-order valence-corrected chi connectivity index (χ3v) is 5.53. The number of hydrogen-bond acceptors (Lipinski definition) is 6. The number of para-hydroxylation sites is 1. The van der Waals surface area contributed by atoms with Crippen LogP contribution < -0.4 is 14.8 Å². The molecule has 162 valence electrons. The van der Waals surface area contributed by atoms with Gasteiger partial charge in [0.25, 0.3) is 0 Å². The summed E-state index contributed by atoms with van der Waals surface area (Å²) in [5.74, 6) is 1.59. The van der Waals surface area contributed by atoms with Crippen LogP contribution in [0.4, 0.5) is 10.4 Å². The highest BCUT2D eigenvalue weighted by atomic mass is 19.0. The average Bonchev–Trinajstić information content (AvgIpc) is 3.45. The number of fused-ring (bicyclic) bond motifs is 1. The number of carbonyl (C=O) groups excluding carboxylic acids is 1. The Morgan fingerprint density at radius 2 is 2.03 bits per heavy atom. The Bertz CT molecular complexity index is 1050. The minimum Gasteiger partial charge on any atom is -0.454 e. The number of aromatic nitrogens is 2. The molecule has 0 saturated carbocycles. The summed E-state index contributed by atoms with van der Waals surface area (Å²) in [5.41, 5.74) is 3.59. The Morgan fingerprint density at radius 1 is 1.16 bits per heavy atom. The van der Waals surface area contributed by atoms with Crippen LogP contribution in [0.15, 0.2) is 61.1 Å². The van der Waals surface area contributed by atoms with E-state index in [0.29, 0.717) is 6.54 Å². The summed E-state index contributed by atoms with van der Waals surface area (Å²) >= 11 is 0. The molecule has 8 heteroatoms. The number of rotatable bonds is 5. The van der Waals surface area contributed by atoms with E-state index < -0.39 is 0 Å². The lowest BCUT2D eigenvalue weighted by molar-refractivity contribution is -0.120. The smallest absolute Gasteiger partial charge is 0.241 e. The molecular weight excluding hydrogens is 399 g/mol. The molecular formula is C23H25FN4O3. The summed E-state index contributed by atoms with van der Waals surface area (Å²) in [4.78, 5) is 23.6. The normalized spacial score (nSPS) is 17.2. The van der Waals surface area contributed by atoms with Crippen molar-refractivity contribution in [1.29, 1.82) is 0 Å². The number of carbonyl (C=O) groups is 1. The molecule has 5 rings (SSSR count). The topological polar surface area (TPSA) is 76.6 Å². The van der Waals surface area contributed by atoms with Crippen molar-refractivity contribution in [2.75, 3.05) is 18.7 Å². The standard InChI is InChI=1S/C23H22N4O3.FH.H2/c28-23(26-18-8-6-16(7-9-18)19-13-24-10-11-25-19)20-4-2-12-27(20)14-17-3-1-5-21-22(17)30-15-29-21;;/h1,3,5-11,13,20H,2,4,12,14-15H2,(H,26,28);2*1H/t20-;;/m1../s1. The maximum Gasteiger partial charge on any atom is 0.241 e. The van der Waals surface area contributed by atoms with Crippen LogP contribution in [0.3, 0.4) is 0 Å². The second-order valence-electron chi connectivity index (χ2n) is 7.44. The Hall–Kier alpha value is -3.52. The molecule has 31 heavy (non-hydrogen) atoms. The molecule has 1 fully saturated rings. The van der Waals surface area contributed by atoms with E-state index in [2.05, 4.69) is 20.2 Å². The van der Waals surface area contributed by atoms with Crippen molar-refractivity contribution in [3.63, 3.8) is 0 Å². The third-order valence-electron chi connectivity index (χ3n) is 5.53. The second kappa shape index (κ2) is 9.09. The summed E-state index contributed by atoms with van der Waals surface area (Å²) in [7, 11) is 0. The highest BCUT2D eigenvalue weighted by molar-refractivity contribution is 5.95. The highest BCUT2D eigenvalue weighted by Crippen LogP contribution is 2.37. The Morgan fingerprint density at radius 3 is 2.84 bits per heavy atom. The molecule has 1 saturated heterocycles. The summed E-state index contributed by atoms with van der Waals surface area (Å²) < 4.78 is 11.1. The monoisotopic (exact) mass is 424 g/mol. The first-order valence-electron chi connectivity index (χ1n) is 10.1. The number of nitrogens with one attached hydrogen (secondary N) is 1. The van der Waals surface area contributed by atoms with Gasteiger partial charge in [-0.2, -0.15) is 0 Å². The van der Waals surface area contributed by atoms with Crippen molar-refractivity contribution in [1.82, 2.24) is 14.9 Å². The lowest BCUT2D eigenvalue weighted by atomic mass is 10.1. The lowest BCUT2D eigenvalue weighted by Gasteiger charge is -2.24. The quantitative estimate of drug-likeness (QED) is 0.670. The molecule has 0 unspecified atom stereocenters. The van der Waals surface area contributed by atoms with Gasteiger partial charge in [0.2, 0.25) is 12.7 Å². The fraction of sp³-hybridized carbons (Fsp3) is 0.261. The molecule has 2 aliphatic rings. The predicted octanol–water partition coefficient (Wildman–Crippen LogP) is 3.87. The summed E-state index contributed by atoms with van der Waals surface area (Å²) in [6.45, 7) is 1.80. The molecule has 0 spiro atoms. The third kappa shape index (κ3) is 4.34. The Balaban J connectivity index is 0.00000144. The van der Waals surface area contributed by atoms with Crippen LogP contribution in [0, 0.1) is 0 Å². The van der Waals surface area contributed by atoms with Gasteiger partial charge in [-0.3, -0.25) is 24.4 Å². The zero-order valence-electron chi connectivity index (χ0n) is 16.9. The van der Waals surface area contributed by atoms with Crippen molar-refractivity contribution >= 4 is 11.6 Å². The van der Waals surface area contributed by atoms with Gasteiger partial charge in [0, 0.05) is 37.2 Å².